The number of benzene rings is 1. The summed E-state index contributed by atoms with van der Waals surface area (Å²) in [5, 5.41) is 0.613. The van der Waals surface area contributed by atoms with Crippen LogP contribution in [0.3, 0.4) is 0 Å². The van der Waals surface area contributed by atoms with Crippen LogP contribution >= 0.6 is 11.6 Å². The van der Waals surface area contributed by atoms with Crippen LogP contribution in [0.5, 0.6) is 5.75 Å². The van der Waals surface area contributed by atoms with Crippen LogP contribution in [0.1, 0.15) is 6.92 Å². The molecule has 0 atom stereocenters. The number of imidazole rings is 1. The molecule has 0 aliphatic carbocycles. The molecule has 1 aromatic heterocycles. The van der Waals surface area contributed by atoms with E-state index in [1.54, 1.807) is 6.20 Å². The Bertz CT molecular complexity index is 494. The summed E-state index contributed by atoms with van der Waals surface area (Å²) in [6.07, 6.45) is 3.67. The van der Waals surface area contributed by atoms with Gasteiger partial charge in [-0.3, -0.25) is 0 Å². The summed E-state index contributed by atoms with van der Waals surface area (Å²) in [6, 6.07) is 5.70. The zero-order valence-electron chi connectivity index (χ0n) is 9.27. The summed E-state index contributed by atoms with van der Waals surface area (Å²) in [7, 11) is 1.95. The van der Waals surface area contributed by atoms with Crippen LogP contribution in [0.4, 0.5) is 0 Å². The Morgan fingerprint density at radius 3 is 2.81 bits per heavy atom. The van der Waals surface area contributed by atoms with Gasteiger partial charge in [0.2, 0.25) is 0 Å². The van der Waals surface area contributed by atoms with E-state index in [-0.39, 0.29) is 0 Å². The van der Waals surface area contributed by atoms with Gasteiger partial charge in [0.15, 0.2) is 0 Å². The minimum Gasteiger partial charge on any atom is -0.492 e. The second kappa shape index (κ2) is 4.58. The minimum absolute atomic E-state index is 0.613. The molecule has 1 heterocycles. The molecule has 0 spiro atoms. The van der Waals surface area contributed by atoms with Gasteiger partial charge in [0.1, 0.15) is 11.6 Å². The summed E-state index contributed by atoms with van der Waals surface area (Å²) in [6.45, 7) is 2.55. The number of nitrogens with zero attached hydrogens (tertiary/aromatic N) is 2. The normalized spacial score (nSPS) is 10.4. The van der Waals surface area contributed by atoms with E-state index in [4.69, 9.17) is 16.3 Å². The number of aryl methyl sites for hydroxylation is 1. The van der Waals surface area contributed by atoms with Crippen molar-refractivity contribution < 1.29 is 4.74 Å². The molecule has 0 unspecified atom stereocenters. The summed E-state index contributed by atoms with van der Waals surface area (Å²) in [5.41, 5.74) is 0.987. The molecule has 0 bridgehead atoms. The highest BCUT2D eigenvalue weighted by atomic mass is 35.5. The third-order valence-electron chi connectivity index (χ3n) is 2.31. The van der Waals surface area contributed by atoms with E-state index in [0.717, 1.165) is 11.4 Å². The van der Waals surface area contributed by atoms with Crippen molar-refractivity contribution in [2.75, 3.05) is 6.61 Å². The Balaban J connectivity index is 2.38. The minimum atomic E-state index is 0.613. The quantitative estimate of drug-likeness (QED) is 0.819. The van der Waals surface area contributed by atoms with Gasteiger partial charge in [-0.15, -0.1) is 0 Å². The average Bonchev–Trinajstić information content (AvgIpc) is 2.68. The Kier molecular flexibility index (Phi) is 3.15. The van der Waals surface area contributed by atoms with E-state index in [1.165, 1.54) is 0 Å². The average molecular weight is 237 g/mol. The number of hydrogen-bond donors (Lipinski definition) is 0. The number of ether oxygens (including phenoxy) is 1. The van der Waals surface area contributed by atoms with Crippen molar-refractivity contribution in [2.24, 2.45) is 7.05 Å². The molecule has 0 saturated carbocycles. The monoisotopic (exact) mass is 236 g/mol. The first-order chi connectivity index (χ1) is 7.72. The molecule has 16 heavy (non-hydrogen) atoms. The first kappa shape index (κ1) is 11.0. The maximum absolute atomic E-state index is 6.12. The van der Waals surface area contributed by atoms with Crippen molar-refractivity contribution in [2.45, 2.75) is 6.92 Å². The van der Waals surface area contributed by atoms with E-state index < -0.39 is 0 Å². The Hall–Kier alpha value is -1.48. The molecule has 84 valence electrons. The standard InChI is InChI=1S/C12H13ClN2O/c1-3-16-11-5-4-9(8-10(11)13)12-14-6-7-15(12)2/h4-8H,3H2,1-2H3. The molecule has 0 radical (unpaired) electrons. The van der Waals surface area contributed by atoms with Crippen LogP contribution in [-0.4, -0.2) is 16.2 Å². The van der Waals surface area contributed by atoms with Crippen LogP contribution in [0, 0.1) is 0 Å². The summed E-state index contributed by atoms with van der Waals surface area (Å²) in [4.78, 5) is 4.27. The Morgan fingerprint density at radius 1 is 1.44 bits per heavy atom. The molecule has 2 aromatic rings. The number of aromatic nitrogens is 2. The lowest BCUT2D eigenvalue weighted by atomic mass is 10.2. The van der Waals surface area contributed by atoms with Gasteiger partial charge in [-0.05, 0) is 25.1 Å². The third kappa shape index (κ3) is 2.04. The molecule has 0 amide bonds. The SMILES string of the molecule is CCOc1ccc(-c2nccn2C)cc1Cl. The van der Waals surface area contributed by atoms with Crippen LogP contribution in [0.25, 0.3) is 11.4 Å². The lowest BCUT2D eigenvalue weighted by Gasteiger charge is -2.07. The molecule has 0 fully saturated rings. The van der Waals surface area contributed by atoms with Gasteiger partial charge < -0.3 is 9.30 Å². The highest BCUT2D eigenvalue weighted by molar-refractivity contribution is 6.32. The first-order valence-electron chi connectivity index (χ1n) is 5.12. The van der Waals surface area contributed by atoms with Crippen LogP contribution < -0.4 is 4.74 Å². The van der Waals surface area contributed by atoms with E-state index >= 15 is 0 Å². The molecule has 4 heteroatoms. The largest absolute Gasteiger partial charge is 0.492 e. The Labute approximate surface area is 99.6 Å². The zero-order chi connectivity index (χ0) is 11.5. The fourth-order valence-corrected chi connectivity index (χ4v) is 1.79. The highest BCUT2D eigenvalue weighted by Crippen LogP contribution is 2.29. The highest BCUT2D eigenvalue weighted by Gasteiger charge is 2.07. The van der Waals surface area contributed by atoms with Crippen molar-refractivity contribution in [1.82, 2.24) is 9.55 Å². The lowest BCUT2D eigenvalue weighted by molar-refractivity contribution is 0.340. The van der Waals surface area contributed by atoms with Gasteiger partial charge in [0, 0.05) is 25.0 Å². The Morgan fingerprint density at radius 2 is 2.25 bits per heavy atom. The predicted octanol–water partition coefficient (Wildman–Crippen LogP) is 3.14. The van der Waals surface area contributed by atoms with E-state index in [0.29, 0.717) is 17.4 Å². The first-order valence-corrected chi connectivity index (χ1v) is 5.50. The zero-order valence-corrected chi connectivity index (χ0v) is 10.0. The van der Waals surface area contributed by atoms with Gasteiger partial charge in [-0.1, -0.05) is 11.6 Å². The van der Waals surface area contributed by atoms with Crippen molar-refractivity contribution in [3.05, 3.63) is 35.6 Å². The van der Waals surface area contributed by atoms with Crippen LogP contribution in [0.2, 0.25) is 5.02 Å². The molecular weight excluding hydrogens is 224 g/mol. The second-order valence-corrected chi connectivity index (χ2v) is 3.85. The van der Waals surface area contributed by atoms with E-state index in [1.807, 2.05) is 42.9 Å². The number of hydrogen-bond acceptors (Lipinski definition) is 2. The number of halogens is 1. The van der Waals surface area contributed by atoms with Crippen molar-refractivity contribution in [3.63, 3.8) is 0 Å². The smallest absolute Gasteiger partial charge is 0.139 e. The van der Waals surface area contributed by atoms with Gasteiger partial charge in [0.05, 0.1) is 11.6 Å². The van der Waals surface area contributed by atoms with Gasteiger partial charge in [-0.2, -0.15) is 0 Å². The fraction of sp³-hybridized carbons (Fsp3) is 0.250. The third-order valence-corrected chi connectivity index (χ3v) is 2.61. The molecule has 0 saturated heterocycles. The topological polar surface area (TPSA) is 27.1 Å². The fourth-order valence-electron chi connectivity index (χ4n) is 1.56. The molecule has 0 N–H and O–H groups in total. The molecule has 2 rings (SSSR count). The second-order valence-electron chi connectivity index (χ2n) is 3.44. The van der Waals surface area contributed by atoms with Crippen LogP contribution in [0.15, 0.2) is 30.6 Å². The van der Waals surface area contributed by atoms with Crippen molar-refractivity contribution in [3.8, 4) is 17.1 Å². The molecule has 3 nitrogen and oxygen atoms in total. The van der Waals surface area contributed by atoms with Gasteiger partial charge >= 0.3 is 0 Å². The summed E-state index contributed by atoms with van der Waals surface area (Å²) < 4.78 is 7.33. The number of rotatable bonds is 3. The summed E-state index contributed by atoms with van der Waals surface area (Å²) >= 11 is 6.12. The van der Waals surface area contributed by atoms with E-state index in [2.05, 4.69) is 4.98 Å². The van der Waals surface area contributed by atoms with Crippen LogP contribution in [-0.2, 0) is 7.05 Å². The molecule has 1 aromatic carbocycles. The van der Waals surface area contributed by atoms with Gasteiger partial charge in [0.25, 0.3) is 0 Å². The maximum Gasteiger partial charge on any atom is 0.139 e. The maximum atomic E-state index is 6.12. The summed E-state index contributed by atoms with van der Waals surface area (Å²) in [5.74, 6) is 1.60. The van der Waals surface area contributed by atoms with Gasteiger partial charge in [-0.25, -0.2) is 4.98 Å². The van der Waals surface area contributed by atoms with E-state index in [9.17, 15) is 0 Å². The van der Waals surface area contributed by atoms with Crippen molar-refractivity contribution in [1.29, 1.82) is 0 Å². The molecule has 0 aliphatic rings. The molecule has 0 aliphatic heterocycles. The van der Waals surface area contributed by atoms with Crippen molar-refractivity contribution >= 4 is 11.6 Å². The predicted molar refractivity (Wildman–Crippen MR) is 64.8 cm³/mol. The molecular formula is C12H13ClN2O. The lowest BCUT2D eigenvalue weighted by Crippen LogP contribution is -1.94.